The lowest BCUT2D eigenvalue weighted by Crippen LogP contribution is -2.36. The number of allylic oxidation sites excluding steroid dienone is 2. The number of aliphatic hydroxyl groups is 1. The second-order valence-corrected chi connectivity index (χ2v) is 9.77. The van der Waals surface area contributed by atoms with E-state index in [1.165, 1.54) is 26.0 Å². The first-order chi connectivity index (χ1) is 16.4. The average molecular weight is 499 g/mol. The molecule has 0 aliphatic carbocycles. The Morgan fingerprint density at radius 1 is 1.20 bits per heavy atom. The molecular weight excluding hydrogens is 474 g/mol. The number of primary amides is 1. The van der Waals surface area contributed by atoms with E-state index in [1.807, 2.05) is 19.1 Å². The first-order valence-corrected chi connectivity index (χ1v) is 11.5. The predicted octanol–water partition coefficient (Wildman–Crippen LogP) is 4.04. The van der Waals surface area contributed by atoms with E-state index in [1.54, 1.807) is 12.3 Å². The first-order valence-electron chi connectivity index (χ1n) is 10.7. The summed E-state index contributed by atoms with van der Waals surface area (Å²) in [6, 6.07) is 6.59. The minimum absolute atomic E-state index is 0.0856. The number of benzene rings is 1. The molecule has 2 aromatic heterocycles. The van der Waals surface area contributed by atoms with Gasteiger partial charge in [-0.2, -0.15) is 0 Å². The number of nitrogens with two attached hydrogens (primary N) is 1. The van der Waals surface area contributed by atoms with E-state index in [0.29, 0.717) is 5.00 Å². The number of nitrogens with one attached hydrogen (secondary N) is 3. The molecule has 1 aliphatic rings. The minimum atomic E-state index is -1.42. The van der Waals surface area contributed by atoms with Gasteiger partial charge < -0.3 is 26.5 Å². The van der Waals surface area contributed by atoms with Gasteiger partial charge in [-0.1, -0.05) is 6.08 Å². The third-order valence-electron chi connectivity index (χ3n) is 5.58. The molecule has 6 N–H and O–H groups in total. The van der Waals surface area contributed by atoms with E-state index >= 15 is 0 Å². The molecule has 4 rings (SSSR count). The second kappa shape index (κ2) is 9.12. The molecule has 0 spiro atoms. The van der Waals surface area contributed by atoms with Crippen molar-refractivity contribution in [3.63, 3.8) is 0 Å². The van der Waals surface area contributed by atoms with Crippen molar-refractivity contribution in [2.75, 3.05) is 5.32 Å². The molecule has 1 atom stereocenters. The molecule has 0 saturated carbocycles. The van der Waals surface area contributed by atoms with Gasteiger partial charge in [-0.25, -0.2) is 8.78 Å². The fourth-order valence-corrected chi connectivity index (χ4v) is 4.86. The maximum absolute atomic E-state index is 14.9. The molecule has 182 valence electrons. The lowest BCUT2D eigenvalue weighted by molar-refractivity contribution is 0.0778. The highest BCUT2D eigenvalue weighted by Crippen LogP contribution is 2.39. The average Bonchev–Trinajstić information content (AvgIpc) is 3.18. The Hall–Kier alpha value is -3.76. The third-order valence-corrected chi connectivity index (χ3v) is 6.67. The van der Waals surface area contributed by atoms with Crippen LogP contribution in [0.15, 0.2) is 59.0 Å². The van der Waals surface area contributed by atoms with Crippen molar-refractivity contribution in [3.8, 4) is 10.4 Å². The van der Waals surface area contributed by atoms with E-state index < -0.39 is 29.3 Å². The van der Waals surface area contributed by atoms with Gasteiger partial charge in [-0.15, -0.1) is 11.3 Å². The van der Waals surface area contributed by atoms with Crippen molar-refractivity contribution >= 4 is 27.9 Å². The summed E-state index contributed by atoms with van der Waals surface area (Å²) >= 11 is 0.984. The number of dihydropyridines is 1. The molecule has 0 saturated heterocycles. The summed E-state index contributed by atoms with van der Waals surface area (Å²) in [5, 5.41) is 16.9. The van der Waals surface area contributed by atoms with Crippen molar-refractivity contribution in [2.24, 2.45) is 5.73 Å². The van der Waals surface area contributed by atoms with Crippen LogP contribution in [0.3, 0.4) is 0 Å². The number of halogens is 2. The minimum Gasteiger partial charge on any atom is -0.386 e. The molecule has 1 aliphatic heterocycles. The van der Waals surface area contributed by atoms with Crippen molar-refractivity contribution < 1.29 is 18.7 Å². The van der Waals surface area contributed by atoms with Crippen molar-refractivity contribution in [1.82, 2.24) is 10.3 Å². The molecule has 10 heteroatoms. The van der Waals surface area contributed by atoms with Crippen LogP contribution in [0.1, 0.15) is 42.3 Å². The molecular formula is C25H24F2N4O3S. The van der Waals surface area contributed by atoms with Crippen molar-refractivity contribution in [1.29, 1.82) is 0 Å². The van der Waals surface area contributed by atoms with Crippen LogP contribution in [0.2, 0.25) is 0 Å². The van der Waals surface area contributed by atoms with Gasteiger partial charge in [0.25, 0.3) is 5.91 Å². The molecule has 35 heavy (non-hydrogen) atoms. The van der Waals surface area contributed by atoms with Gasteiger partial charge in [0.2, 0.25) is 5.56 Å². The molecule has 0 bridgehead atoms. The normalized spacial score (nSPS) is 15.8. The lowest BCUT2D eigenvalue weighted by Gasteiger charge is -2.25. The van der Waals surface area contributed by atoms with E-state index in [2.05, 4.69) is 15.6 Å². The van der Waals surface area contributed by atoms with Crippen LogP contribution >= 0.6 is 11.3 Å². The fraction of sp³-hybridized carbons (Fsp3) is 0.200. The number of thiophene rings is 1. The summed E-state index contributed by atoms with van der Waals surface area (Å²) in [4.78, 5) is 26.3. The third kappa shape index (κ3) is 5.03. The molecule has 3 heterocycles. The molecule has 0 radical (unpaired) electrons. The Bertz CT molecular complexity index is 1390. The number of pyridine rings is 1. The number of aromatic amines is 1. The molecule has 0 fully saturated rings. The first kappa shape index (κ1) is 24.4. The Balaban J connectivity index is 1.66. The van der Waals surface area contributed by atoms with Gasteiger partial charge in [0.05, 0.1) is 16.7 Å². The number of amides is 1. The number of hydrogen-bond acceptors (Lipinski definition) is 6. The fourth-order valence-electron chi connectivity index (χ4n) is 3.71. The topological polar surface area (TPSA) is 120 Å². The lowest BCUT2D eigenvalue weighted by atomic mass is 9.96. The molecule has 1 amide bonds. The maximum atomic E-state index is 14.9. The Morgan fingerprint density at radius 3 is 2.46 bits per heavy atom. The number of rotatable bonds is 6. The highest BCUT2D eigenvalue weighted by Gasteiger charge is 2.25. The number of aromatic nitrogens is 1. The zero-order chi connectivity index (χ0) is 25.5. The van der Waals surface area contributed by atoms with Gasteiger partial charge in [-0.3, -0.25) is 9.59 Å². The summed E-state index contributed by atoms with van der Waals surface area (Å²) in [7, 11) is 0. The van der Waals surface area contributed by atoms with Crippen LogP contribution in [0.4, 0.5) is 13.8 Å². The number of H-pyrrole nitrogens is 1. The maximum Gasteiger partial charge on any atom is 0.251 e. The van der Waals surface area contributed by atoms with Gasteiger partial charge in [0.1, 0.15) is 22.8 Å². The summed E-state index contributed by atoms with van der Waals surface area (Å²) in [6.07, 6.45) is 4.82. The highest BCUT2D eigenvalue weighted by molar-refractivity contribution is 7.19. The number of carbonyl (C=O) groups is 1. The number of hydrogen-bond donors (Lipinski definition) is 5. The molecule has 1 aromatic carbocycles. The number of carbonyl (C=O) groups excluding carboxylic acids is 1. The van der Waals surface area contributed by atoms with Crippen LogP contribution < -0.4 is 21.9 Å². The van der Waals surface area contributed by atoms with Crippen LogP contribution in [0.25, 0.3) is 16.1 Å². The van der Waals surface area contributed by atoms with E-state index in [0.717, 1.165) is 40.3 Å². The molecule has 7 nitrogen and oxygen atoms in total. The monoisotopic (exact) mass is 498 g/mol. The Kier molecular flexibility index (Phi) is 6.35. The molecule has 1 unspecified atom stereocenters. The summed E-state index contributed by atoms with van der Waals surface area (Å²) in [5.41, 5.74) is 6.22. The standard InChI is InChI=1S/C25H24F2N4O3S/c1-12-4-6-19(30-22(12)13-5-7-20(32)29-11-13)31-24-15(23(28)33)10-18(35-24)21-16(26)8-14(9-17(21)27)25(2,3)34/h4-11,19,30-31,34H,1-3H3,(H2,28,33)(H,29,32). The van der Waals surface area contributed by atoms with Gasteiger partial charge in [0.15, 0.2) is 0 Å². The molecule has 3 aromatic rings. The van der Waals surface area contributed by atoms with Crippen LogP contribution in [-0.4, -0.2) is 22.2 Å². The van der Waals surface area contributed by atoms with E-state index in [9.17, 15) is 23.5 Å². The highest BCUT2D eigenvalue weighted by atomic mass is 32.1. The van der Waals surface area contributed by atoms with Crippen molar-refractivity contribution in [2.45, 2.75) is 32.5 Å². The number of anilines is 1. The Morgan fingerprint density at radius 2 is 1.89 bits per heavy atom. The van der Waals surface area contributed by atoms with Crippen LogP contribution in [0, 0.1) is 11.6 Å². The van der Waals surface area contributed by atoms with E-state index in [4.69, 9.17) is 5.73 Å². The zero-order valence-electron chi connectivity index (χ0n) is 19.2. The van der Waals surface area contributed by atoms with Crippen LogP contribution in [0.5, 0.6) is 0 Å². The van der Waals surface area contributed by atoms with Gasteiger partial charge in [0, 0.05) is 28.4 Å². The second-order valence-electron chi connectivity index (χ2n) is 8.72. The Labute approximate surface area is 204 Å². The predicted molar refractivity (Wildman–Crippen MR) is 133 cm³/mol. The van der Waals surface area contributed by atoms with Gasteiger partial charge in [-0.05, 0) is 62.2 Å². The quantitative estimate of drug-likeness (QED) is 0.351. The SMILES string of the molecule is CC1=C(c2ccc(=O)[nH]c2)NC(Nc2sc(-c3c(F)cc(C(C)(C)O)cc3F)cc2C(N)=O)C=C1. The van der Waals surface area contributed by atoms with Crippen LogP contribution in [-0.2, 0) is 5.60 Å². The van der Waals surface area contributed by atoms with Gasteiger partial charge >= 0.3 is 0 Å². The van der Waals surface area contributed by atoms with E-state index in [-0.39, 0.29) is 27.1 Å². The smallest absolute Gasteiger partial charge is 0.251 e. The van der Waals surface area contributed by atoms with Crippen molar-refractivity contribution in [3.05, 3.63) is 92.9 Å². The largest absolute Gasteiger partial charge is 0.386 e. The summed E-state index contributed by atoms with van der Waals surface area (Å²) in [5.74, 6) is -2.47. The zero-order valence-corrected chi connectivity index (χ0v) is 20.0. The summed E-state index contributed by atoms with van der Waals surface area (Å²) in [6.45, 7) is 4.77. The summed E-state index contributed by atoms with van der Waals surface area (Å²) < 4.78 is 29.8.